The van der Waals surface area contributed by atoms with Crippen LogP contribution in [0.4, 0.5) is 0 Å². The third kappa shape index (κ3) is 1.59. The highest BCUT2D eigenvalue weighted by Crippen LogP contribution is 2.31. The Labute approximate surface area is 92.4 Å². The van der Waals surface area contributed by atoms with Crippen molar-refractivity contribution in [1.29, 1.82) is 0 Å². The molecule has 3 rings (SSSR count). The van der Waals surface area contributed by atoms with Crippen LogP contribution in [0.25, 0.3) is 0 Å². The second kappa shape index (κ2) is 3.59. The first-order valence-corrected chi connectivity index (χ1v) is 5.78. The normalized spacial score (nSPS) is 19.7. The van der Waals surface area contributed by atoms with Crippen LogP contribution in [0.2, 0.25) is 0 Å². The summed E-state index contributed by atoms with van der Waals surface area (Å²) in [6, 6.07) is 0. The van der Waals surface area contributed by atoms with Crippen LogP contribution in [-0.4, -0.2) is 10.2 Å². The smallest absolute Gasteiger partial charge is 0.128 e. The van der Waals surface area contributed by atoms with Crippen LogP contribution in [0.5, 0.6) is 0 Å². The molecule has 2 nitrogen and oxygen atoms in total. The molecular formula is C12H10N2S. The summed E-state index contributed by atoms with van der Waals surface area (Å²) in [6.07, 6.45) is 16.8. The molecule has 0 saturated heterocycles. The molecule has 0 unspecified atom stereocenters. The van der Waals surface area contributed by atoms with Crippen LogP contribution in [0.1, 0.15) is 21.9 Å². The van der Waals surface area contributed by atoms with Crippen LogP contribution in [-0.2, 0) is 0 Å². The Bertz CT molecular complexity index is 413. The van der Waals surface area contributed by atoms with Crippen molar-refractivity contribution in [2.75, 3.05) is 0 Å². The van der Waals surface area contributed by atoms with Crippen molar-refractivity contribution in [2.24, 2.45) is 0 Å². The molecule has 0 bridgehead atoms. The van der Waals surface area contributed by atoms with Crippen molar-refractivity contribution < 1.29 is 0 Å². The molecule has 0 N–H and O–H groups in total. The van der Waals surface area contributed by atoms with Gasteiger partial charge in [-0.1, -0.05) is 59.9 Å². The van der Waals surface area contributed by atoms with Crippen LogP contribution in [0.15, 0.2) is 48.6 Å². The summed E-state index contributed by atoms with van der Waals surface area (Å²) >= 11 is 1.70. The van der Waals surface area contributed by atoms with E-state index in [4.69, 9.17) is 0 Å². The van der Waals surface area contributed by atoms with Crippen LogP contribution in [0.3, 0.4) is 0 Å². The Morgan fingerprint density at radius 1 is 0.733 bits per heavy atom. The first kappa shape index (κ1) is 8.80. The van der Waals surface area contributed by atoms with Gasteiger partial charge in [0.2, 0.25) is 0 Å². The van der Waals surface area contributed by atoms with E-state index >= 15 is 0 Å². The van der Waals surface area contributed by atoms with Crippen molar-refractivity contribution in [2.45, 2.75) is 11.8 Å². The fourth-order valence-electron chi connectivity index (χ4n) is 1.71. The van der Waals surface area contributed by atoms with Crippen molar-refractivity contribution in [3.63, 3.8) is 0 Å². The van der Waals surface area contributed by atoms with E-state index in [9.17, 15) is 0 Å². The van der Waals surface area contributed by atoms with Gasteiger partial charge in [-0.05, 0) is 0 Å². The van der Waals surface area contributed by atoms with Gasteiger partial charge in [0.25, 0.3) is 0 Å². The zero-order valence-corrected chi connectivity index (χ0v) is 8.89. The number of nitrogens with zero attached hydrogens (tertiary/aromatic N) is 2. The Morgan fingerprint density at radius 3 is 1.53 bits per heavy atom. The minimum atomic E-state index is 0.339. The second-order valence-electron chi connectivity index (χ2n) is 3.57. The van der Waals surface area contributed by atoms with Gasteiger partial charge in [-0.2, -0.15) is 0 Å². The van der Waals surface area contributed by atoms with E-state index < -0.39 is 0 Å². The third-order valence-electron chi connectivity index (χ3n) is 2.52. The van der Waals surface area contributed by atoms with Gasteiger partial charge in [-0.3, -0.25) is 0 Å². The summed E-state index contributed by atoms with van der Waals surface area (Å²) in [5.41, 5.74) is 0. The van der Waals surface area contributed by atoms with Crippen molar-refractivity contribution in [1.82, 2.24) is 10.2 Å². The van der Waals surface area contributed by atoms with Gasteiger partial charge in [0, 0.05) is 11.8 Å². The maximum Gasteiger partial charge on any atom is 0.128 e. The SMILES string of the molecule is C1=CC(c2nnc(C3C=CC=C3)s2)C=C1. The molecule has 0 fully saturated rings. The Kier molecular flexibility index (Phi) is 2.10. The lowest BCUT2D eigenvalue weighted by Crippen LogP contribution is -1.87. The highest BCUT2D eigenvalue weighted by molar-refractivity contribution is 7.11. The molecule has 0 aliphatic heterocycles. The first-order chi connectivity index (χ1) is 7.43. The van der Waals surface area contributed by atoms with Gasteiger partial charge in [0.1, 0.15) is 10.0 Å². The summed E-state index contributed by atoms with van der Waals surface area (Å²) in [5, 5.41) is 10.7. The highest BCUT2D eigenvalue weighted by Gasteiger charge is 2.17. The fourth-order valence-corrected chi connectivity index (χ4v) is 2.67. The lowest BCUT2D eigenvalue weighted by molar-refractivity contribution is 0.917. The maximum atomic E-state index is 4.24. The molecular weight excluding hydrogens is 204 g/mol. The molecule has 2 aliphatic carbocycles. The molecule has 3 heteroatoms. The largest absolute Gasteiger partial charge is 0.143 e. The molecule has 0 radical (unpaired) electrons. The number of aromatic nitrogens is 2. The molecule has 15 heavy (non-hydrogen) atoms. The number of allylic oxidation sites excluding steroid dienone is 8. The predicted octanol–water partition coefficient (Wildman–Crippen LogP) is 2.96. The maximum absolute atomic E-state index is 4.24. The molecule has 0 amide bonds. The topological polar surface area (TPSA) is 25.8 Å². The average molecular weight is 214 g/mol. The summed E-state index contributed by atoms with van der Waals surface area (Å²) in [4.78, 5) is 0. The van der Waals surface area contributed by atoms with Crippen LogP contribution < -0.4 is 0 Å². The van der Waals surface area contributed by atoms with E-state index in [0.717, 1.165) is 10.0 Å². The first-order valence-electron chi connectivity index (χ1n) is 4.97. The Balaban J connectivity index is 1.87. The van der Waals surface area contributed by atoms with Gasteiger partial charge in [0.05, 0.1) is 0 Å². The highest BCUT2D eigenvalue weighted by atomic mass is 32.1. The third-order valence-corrected chi connectivity index (χ3v) is 3.65. The standard InChI is InChI=1S/C12H10N2S/c1-2-6-9(5-1)11-13-14-12(15-11)10-7-3-4-8-10/h1-10H. The van der Waals surface area contributed by atoms with Gasteiger partial charge in [-0.15, -0.1) is 10.2 Å². The molecule has 0 aromatic carbocycles. The van der Waals surface area contributed by atoms with Gasteiger partial charge in [0.15, 0.2) is 0 Å². The lowest BCUT2D eigenvalue weighted by atomic mass is 10.2. The van der Waals surface area contributed by atoms with Crippen molar-refractivity contribution >= 4 is 11.3 Å². The minimum Gasteiger partial charge on any atom is -0.143 e. The van der Waals surface area contributed by atoms with E-state index in [2.05, 4.69) is 58.8 Å². The van der Waals surface area contributed by atoms with Crippen molar-refractivity contribution in [3.8, 4) is 0 Å². The van der Waals surface area contributed by atoms with Crippen LogP contribution in [0, 0.1) is 0 Å². The average Bonchev–Trinajstić information content (AvgIpc) is 3.02. The van der Waals surface area contributed by atoms with E-state index in [1.165, 1.54) is 0 Å². The van der Waals surface area contributed by atoms with Crippen LogP contribution >= 0.6 is 11.3 Å². The van der Waals surface area contributed by atoms with Gasteiger partial charge >= 0.3 is 0 Å². The zero-order valence-electron chi connectivity index (χ0n) is 8.08. The molecule has 74 valence electrons. The number of hydrogen-bond acceptors (Lipinski definition) is 3. The Morgan fingerprint density at radius 2 is 1.13 bits per heavy atom. The van der Waals surface area contributed by atoms with E-state index in [-0.39, 0.29) is 0 Å². The quantitative estimate of drug-likeness (QED) is 0.756. The molecule has 0 spiro atoms. The van der Waals surface area contributed by atoms with E-state index in [1.54, 1.807) is 11.3 Å². The zero-order chi connectivity index (χ0) is 10.1. The molecule has 2 aliphatic rings. The lowest BCUT2D eigenvalue weighted by Gasteiger charge is -1.98. The number of rotatable bonds is 2. The number of hydrogen-bond donors (Lipinski definition) is 0. The summed E-state index contributed by atoms with van der Waals surface area (Å²) in [5.74, 6) is 0.677. The van der Waals surface area contributed by atoms with Gasteiger partial charge < -0.3 is 0 Å². The summed E-state index contributed by atoms with van der Waals surface area (Å²) in [6.45, 7) is 0. The van der Waals surface area contributed by atoms with Gasteiger partial charge in [-0.25, -0.2) is 0 Å². The molecule has 0 saturated carbocycles. The molecule has 1 aromatic heterocycles. The minimum absolute atomic E-state index is 0.339. The van der Waals surface area contributed by atoms with E-state index in [1.807, 2.05) is 0 Å². The monoisotopic (exact) mass is 214 g/mol. The van der Waals surface area contributed by atoms with Crippen molar-refractivity contribution in [3.05, 3.63) is 58.6 Å². The Hall–Kier alpha value is -1.48. The van der Waals surface area contributed by atoms with E-state index in [0.29, 0.717) is 11.8 Å². The summed E-state index contributed by atoms with van der Waals surface area (Å²) < 4.78 is 0. The fraction of sp³-hybridized carbons (Fsp3) is 0.167. The molecule has 1 heterocycles. The molecule has 1 aromatic rings. The second-order valence-corrected chi connectivity index (χ2v) is 4.61. The molecule has 0 atom stereocenters. The summed E-state index contributed by atoms with van der Waals surface area (Å²) in [7, 11) is 0. The predicted molar refractivity (Wildman–Crippen MR) is 62.0 cm³/mol.